The van der Waals surface area contributed by atoms with E-state index >= 15 is 0 Å². The van der Waals surface area contributed by atoms with Crippen molar-refractivity contribution < 1.29 is 18.0 Å². The second-order valence-electron chi connectivity index (χ2n) is 6.46. The Bertz CT molecular complexity index is 1150. The Kier molecular flexibility index (Phi) is 6.48. The molecule has 1 heterocycles. The topological polar surface area (TPSA) is 108 Å². The zero-order chi connectivity index (χ0) is 21.7. The van der Waals surface area contributed by atoms with Crippen molar-refractivity contribution in [1.29, 1.82) is 0 Å². The molecule has 156 valence electrons. The lowest BCUT2D eigenvalue weighted by Crippen LogP contribution is -2.44. The number of aryl methyl sites for hydroxylation is 2. The minimum Gasteiger partial charge on any atom is -0.307 e. The van der Waals surface area contributed by atoms with E-state index in [-0.39, 0.29) is 10.0 Å². The molecule has 3 aromatic rings. The van der Waals surface area contributed by atoms with E-state index in [0.29, 0.717) is 5.69 Å². The van der Waals surface area contributed by atoms with E-state index in [4.69, 9.17) is 0 Å². The normalized spacial score (nSPS) is 11.0. The third kappa shape index (κ3) is 5.02. The van der Waals surface area contributed by atoms with E-state index < -0.39 is 28.5 Å². The SMILES string of the molecule is Cc1ccc(NC(=O)NC(=O)CN(c2nccs2)S(=O)(=O)c2ccccc2)c(C)c1. The van der Waals surface area contributed by atoms with Crippen molar-refractivity contribution in [1.82, 2.24) is 10.3 Å². The molecule has 0 aliphatic rings. The number of sulfonamides is 1. The van der Waals surface area contributed by atoms with Crippen LogP contribution in [0.5, 0.6) is 0 Å². The zero-order valence-corrected chi connectivity index (χ0v) is 18.0. The van der Waals surface area contributed by atoms with E-state index in [0.717, 1.165) is 26.8 Å². The van der Waals surface area contributed by atoms with Crippen LogP contribution in [0.3, 0.4) is 0 Å². The van der Waals surface area contributed by atoms with E-state index in [1.807, 2.05) is 26.0 Å². The molecule has 10 heteroatoms. The van der Waals surface area contributed by atoms with Crippen LogP contribution < -0.4 is 14.9 Å². The van der Waals surface area contributed by atoms with Crippen molar-refractivity contribution in [2.45, 2.75) is 18.7 Å². The average molecular weight is 445 g/mol. The molecule has 0 bridgehead atoms. The second-order valence-corrected chi connectivity index (χ2v) is 9.20. The van der Waals surface area contributed by atoms with Crippen LogP contribution in [-0.2, 0) is 14.8 Å². The van der Waals surface area contributed by atoms with E-state index in [1.165, 1.54) is 18.3 Å². The maximum atomic E-state index is 13.0. The maximum Gasteiger partial charge on any atom is 0.325 e. The molecular formula is C20H20N4O4S2. The molecule has 8 nitrogen and oxygen atoms in total. The molecule has 0 atom stereocenters. The number of carbonyl (C=O) groups is 2. The van der Waals surface area contributed by atoms with Gasteiger partial charge in [0.25, 0.3) is 10.0 Å². The number of urea groups is 1. The van der Waals surface area contributed by atoms with Crippen molar-refractivity contribution in [3.63, 3.8) is 0 Å². The van der Waals surface area contributed by atoms with Gasteiger partial charge in [-0.25, -0.2) is 22.5 Å². The highest BCUT2D eigenvalue weighted by molar-refractivity contribution is 7.93. The number of hydrogen-bond acceptors (Lipinski definition) is 6. The van der Waals surface area contributed by atoms with Crippen LogP contribution in [0.2, 0.25) is 0 Å². The molecular weight excluding hydrogens is 424 g/mol. The summed E-state index contributed by atoms with van der Waals surface area (Å²) >= 11 is 1.07. The Hall–Kier alpha value is -3.24. The van der Waals surface area contributed by atoms with Crippen LogP contribution in [0.15, 0.2) is 65.0 Å². The summed E-state index contributed by atoms with van der Waals surface area (Å²) in [6, 6.07) is 12.4. The number of aromatic nitrogens is 1. The van der Waals surface area contributed by atoms with Crippen molar-refractivity contribution >= 4 is 44.1 Å². The van der Waals surface area contributed by atoms with Crippen molar-refractivity contribution in [2.24, 2.45) is 0 Å². The summed E-state index contributed by atoms with van der Waals surface area (Å²) < 4.78 is 26.9. The van der Waals surface area contributed by atoms with E-state index in [2.05, 4.69) is 15.6 Å². The van der Waals surface area contributed by atoms with Gasteiger partial charge in [-0.3, -0.25) is 10.1 Å². The molecule has 0 unspecified atom stereocenters. The van der Waals surface area contributed by atoms with Crippen LogP contribution in [0, 0.1) is 13.8 Å². The quantitative estimate of drug-likeness (QED) is 0.606. The third-order valence-electron chi connectivity index (χ3n) is 4.13. The molecule has 3 rings (SSSR count). The number of nitrogens with zero attached hydrogens (tertiary/aromatic N) is 2. The zero-order valence-electron chi connectivity index (χ0n) is 16.3. The summed E-state index contributed by atoms with van der Waals surface area (Å²) in [6.07, 6.45) is 1.44. The van der Waals surface area contributed by atoms with Crippen molar-refractivity contribution in [2.75, 3.05) is 16.2 Å². The van der Waals surface area contributed by atoms with Gasteiger partial charge in [-0.1, -0.05) is 35.9 Å². The van der Waals surface area contributed by atoms with Crippen LogP contribution in [-0.4, -0.2) is 31.9 Å². The van der Waals surface area contributed by atoms with E-state index in [9.17, 15) is 18.0 Å². The smallest absolute Gasteiger partial charge is 0.307 e. The Morgan fingerprint density at radius 3 is 2.47 bits per heavy atom. The second kappa shape index (κ2) is 9.06. The first-order valence-corrected chi connectivity index (χ1v) is 11.2. The van der Waals surface area contributed by atoms with Gasteiger partial charge in [0, 0.05) is 17.3 Å². The summed E-state index contributed by atoms with van der Waals surface area (Å²) in [5, 5.41) is 6.50. The molecule has 2 aromatic carbocycles. The average Bonchev–Trinajstić information content (AvgIpc) is 3.23. The molecule has 0 radical (unpaired) electrons. The summed E-state index contributed by atoms with van der Waals surface area (Å²) in [6.45, 7) is 3.17. The number of anilines is 2. The molecule has 0 fully saturated rings. The molecule has 3 amide bonds. The lowest BCUT2D eigenvalue weighted by molar-refractivity contribution is -0.118. The molecule has 0 aliphatic carbocycles. The number of thiazole rings is 1. The van der Waals surface area contributed by atoms with Gasteiger partial charge in [-0.15, -0.1) is 11.3 Å². The molecule has 0 aliphatic heterocycles. The van der Waals surface area contributed by atoms with Gasteiger partial charge in [0.2, 0.25) is 5.91 Å². The Labute approximate surface area is 178 Å². The number of nitrogens with one attached hydrogen (secondary N) is 2. The van der Waals surface area contributed by atoms with E-state index in [1.54, 1.807) is 29.6 Å². The fourth-order valence-electron chi connectivity index (χ4n) is 2.72. The van der Waals surface area contributed by atoms with Gasteiger partial charge in [0.05, 0.1) is 4.90 Å². The van der Waals surface area contributed by atoms with Gasteiger partial charge in [-0.05, 0) is 37.6 Å². The Morgan fingerprint density at radius 1 is 1.10 bits per heavy atom. The van der Waals surface area contributed by atoms with Crippen molar-refractivity contribution in [3.05, 3.63) is 71.2 Å². The Morgan fingerprint density at radius 2 is 1.83 bits per heavy atom. The number of benzene rings is 2. The molecule has 1 aromatic heterocycles. The highest BCUT2D eigenvalue weighted by atomic mass is 32.2. The van der Waals surface area contributed by atoms with Gasteiger partial charge in [0.1, 0.15) is 6.54 Å². The fraction of sp³-hybridized carbons (Fsp3) is 0.150. The van der Waals surface area contributed by atoms with Crippen LogP contribution >= 0.6 is 11.3 Å². The molecule has 0 saturated carbocycles. The van der Waals surface area contributed by atoms with Gasteiger partial charge < -0.3 is 5.32 Å². The lowest BCUT2D eigenvalue weighted by atomic mass is 10.1. The number of carbonyl (C=O) groups excluding carboxylic acids is 2. The highest BCUT2D eigenvalue weighted by Crippen LogP contribution is 2.25. The minimum absolute atomic E-state index is 0.0210. The van der Waals surface area contributed by atoms with Gasteiger partial charge in [0.15, 0.2) is 5.13 Å². The first-order valence-electron chi connectivity index (χ1n) is 8.93. The monoisotopic (exact) mass is 444 g/mol. The number of amides is 3. The molecule has 2 N–H and O–H groups in total. The molecule has 0 spiro atoms. The predicted molar refractivity (Wildman–Crippen MR) is 116 cm³/mol. The van der Waals surface area contributed by atoms with Gasteiger partial charge in [-0.2, -0.15) is 0 Å². The predicted octanol–water partition coefficient (Wildman–Crippen LogP) is 3.30. The molecule has 30 heavy (non-hydrogen) atoms. The highest BCUT2D eigenvalue weighted by Gasteiger charge is 2.29. The fourth-order valence-corrected chi connectivity index (χ4v) is 4.98. The van der Waals surface area contributed by atoms with Gasteiger partial charge >= 0.3 is 6.03 Å². The molecule has 0 saturated heterocycles. The Balaban J connectivity index is 1.75. The van der Waals surface area contributed by atoms with Crippen molar-refractivity contribution in [3.8, 4) is 0 Å². The number of rotatable bonds is 6. The largest absolute Gasteiger partial charge is 0.325 e. The lowest BCUT2D eigenvalue weighted by Gasteiger charge is -2.21. The third-order valence-corrected chi connectivity index (χ3v) is 6.79. The van der Waals surface area contributed by atoms with Crippen LogP contribution in [0.1, 0.15) is 11.1 Å². The van der Waals surface area contributed by atoms with Crippen LogP contribution in [0.4, 0.5) is 15.6 Å². The first-order chi connectivity index (χ1) is 14.3. The summed E-state index contributed by atoms with van der Waals surface area (Å²) in [5.74, 6) is -0.785. The summed E-state index contributed by atoms with van der Waals surface area (Å²) in [5.41, 5.74) is 2.44. The maximum absolute atomic E-state index is 13.0. The number of imide groups is 1. The summed E-state index contributed by atoms with van der Waals surface area (Å²) in [7, 11) is -4.04. The standard InChI is InChI=1S/C20H20N4O4S2/c1-14-8-9-17(15(2)12-14)22-19(26)23-18(25)13-24(20-21-10-11-29-20)30(27,28)16-6-4-3-5-7-16/h3-12H,13H2,1-2H3,(H2,22,23,25,26). The summed E-state index contributed by atoms with van der Waals surface area (Å²) in [4.78, 5) is 28.7. The van der Waals surface area contributed by atoms with Crippen LogP contribution in [0.25, 0.3) is 0 Å². The minimum atomic E-state index is -4.04. The first kappa shape index (κ1) is 21.5. The number of hydrogen-bond donors (Lipinski definition) is 2.